The van der Waals surface area contributed by atoms with Gasteiger partial charge in [-0.3, -0.25) is 0 Å². The predicted octanol–water partition coefficient (Wildman–Crippen LogP) is 2.76. The first kappa shape index (κ1) is 18.2. The van der Waals surface area contributed by atoms with E-state index in [-0.39, 0.29) is 6.61 Å². The second kappa shape index (κ2) is 7.82. The monoisotopic (exact) mass is 368 g/mol. The number of aliphatic hydroxyl groups excluding tert-OH is 2. The minimum Gasteiger partial charge on any atom is -0.396 e. The minimum atomic E-state index is -0.427. The molecule has 2 aliphatic rings. The fourth-order valence-electron chi connectivity index (χ4n) is 3.59. The van der Waals surface area contributed by atoms with Crippen molar-refractivity contribution < 1.29 is 10.2 Å². The highest BCUT2D eigenvalue weighted by Crippen LogP contribution is 2.40. The Kier molecular flexibility index (Phi) is 5.27. The summed E-state index contributed by atoms with van der Waals surface area (Å²) in [7, 11) is 0. The van der Waals surface area contributed by atoms with Crippen LogP contribution >= 0.6 is 0 Å². The summed E-state index contributed by atoms with van der Waals surface area (Å²) in [6.07, 6.45) is 3.62. The SMILES string of the molecule is C[C@H](O)c1ccc2c(c1)CCN(c1cc(C3CC3)nc(NCCCO)n1)C2. The molecule has 1 aliphatic carbocycles. The van der Waals surface area contributed by atoms with Gasteiger partial charge in [0.1, 0.15) is 5.82 Å². The number of aliphatic hydroxyl groups is 2. The molecule has 1 aromatic heterocycles. The van der Waals surface area contributed by atoms with Gasteiger partial charge in [0, 0.05) is 38.2 Å². The summed E-state index contributed by atoms with van der Waals surface area (Å²) in [5, 5.41) is 22.1. The molecule has 27 heavy (non-hydrogen) atoms. The topological polar surface area (TPSA) is 81.5 Å². The predicted molar refractivity (Wildman–Crippen MR) is 106 cm³/mol. The van der Waals surface area contributed by atoms with Gasteiger partial charge in [-0.25, -0.2) is 4.98 Å². The molecular formula is C21H28N4O2. The molecule has 1 atom stereocenters. The summed E-state index contributed by atoms with van der Waals surface area (Å²) >= 11 is 0. The number of nitrogens with one attached hydrogen (secondary N) is 1. The third-order valence-electron chi connectivity index (χ3n) is 5.40. The summed E-state index contributed by atoms with van der Waals surface area (Å²) in [6, 6.07) is 8.43. The second-order valence-corrected chi connectivity index (χ2v) is 7.63. The van der Waals surface area contributed by atoms with E-state index in [1.807, 2.05) is 13.0 Å². The molecule has 6 heteroatoms. The zero-order valence-corrected chi connectivity index (χ0v) is 15.9. The molecule has 0 bridgehead atoms. The Morgan fingerprint density at radius 3 is 2.81 bits per heavy atom. The maximum absolute atomic E-state index is 9.81. The van der Waals surface area contributed by atoms with Crippen LogP contribution < -0.4 is 10.2 Å². The van der Waals surface area contributed by atoms with Crippen LogP contribution in [0.15, 0.2) is 24.3 Å². The van der Waals surface area contributed by atoms with Gasteiger partial charge in [-0.2, -0.15) is 4.98 Å². The lowest BCUT2D eigenvalue weighted by atomic mass is 9.96. The van der Waals surface area contributed by atoms with Crippen LogP contribution in [0.1, 0.15) is 60.6 Å². The van der Waals surface area contributed by atoms with E-state index in [2.05, 4.69) is 33.4 Å². The fraction of sp³-hybridized carbons (Fsp3) is 0.524. The first-order valence-electron chi connectivity index (χ1n) is 9.92. The van der Waals surface area contributed by atoms with Crippen LogP contribution in [0.2, 0.25) is 0 Å². The van der Waals surface area contributed by atoms with Crippen LogP contribution in [-0.2, 0) is 13.0 Å². The van der Waals surface area contributed by atoms with Crippen LogP contribution in [0.5, 0.6) is 0 Å². The van der Waals surface area contributed by atoms with Crippen LogP contribution in [-0.4, -0.2) is 39.9 Å². The van der Waals surface area contributed by atoms with Crippen LogP contribution in [0.3, 0.4) is 0 Å². The molecule has 1 fully saturated rings. The lowest BCUT2D eigenvalue weighted by Gasteiger charge is -2.30. The minimum absolute atomic E-state index is 0.166. The molecule has 0 unspecified atom stereocenters. The first-order chi connectivity index (χ1) is 13.1. The summed E-state index contributed by atoms with van der Waals surface area (Å²) in [6.45, 7) is 4.39. The van der Waals surface area contributed by atoms with Crippen molar-refractivity contribution in [2.45, 2.75) is 51.2 Å². The number of benzene rings is 1. The van der Waals surface area contributed by atoms with Gasteiger partial charge in [-0.05, 0) is 49.3 Å². The Balaban J connectivity index is 1.55. The van der Waals surface area contributed by atoms with Crippen molar-refractivity contribution in [1.29, 1.82) is 0 Å². The van der Waals surface area contributed by atoms with E-state index >= 15 is 0 Å². The molecule has 2 aromatic rings. The Bertz CT molecular complexity index is 805. The standard InChI is InChI=1S/C21H28N4O2/c1-14(27)16-5-6-18-13-25(9-7-17(18)11-16)20-12-19(15-3-4-15)23-21(24-20)22-8-2-10-26/h5-6,11-12,14-15,26-27H,2-4,7-10,13H2,1H3,(H,22,23,24)/t14-/m0/s1. The number of fused-ring (bicyclic) bond motifs is 1. The average Bonchev–Trinajstić information content (AvgIpc) is 3.52. The Labute approximate surface area is 160 Å². The maximum atomic E-state index is 9.81. The fourth-order valence-corrected chi connectivity index (χ4v) is 3.59. The normalized spacial score (nSPS) is 17.5. The third kappa shape index (κ3) is 4.22. The number of hydrogen-bond acceptors (Lipinski definition) is 6. The van der Waals surface area contributed by atoms with Gasteiger partial charge in [0.2, 0.25) is 5.95 Å². The van der Waals surface area contributed by atoms with E-state index in [1.165, 1.54) is 24.0 Å². The molecule has 3 N–H and O–H groups in total. The van der Waals surface area contributed by atoms with E-state index < -0.39 is 6.10 Å². The third-order valence-corrected chi connectivity index (χ3v) is 5.40. The van der Waals surface area contributed by atoms with E-state index in [1.54, 1.807) is 0 Å². The smallest absolute Gasteiger partial charge is 0.224 e. The van der Waals surface area contributed by atoms with Gasteiger partial charge in [0.05, 0.1) is 11.8 Å². The Morgan fingerprint density at radius 2 is 2.07 bits per heavy atom. The zero-order chi connectivity index (χ0) is 18.8. The van der Waals surface area contributed by atoms with Crippen molar-refractivity contribution in [3.05, 3.63) is 46.6 Å². The van der Waals surface area contributed by atoms with Gasteiger partial charge in [-0.1, -0.05) is 18.2 Å². The van der Waals surface area contributed by atoms with Crippen molar-refractivity contribution in [1.82, 2.24) is 9.97 Å². The summed E-state index contributed by atoms with van der Waals surface area (Å²) in [5.41, 5.74) is 4.73. The van der Waals surface area contributed by atoms with Crippen molar-refractivity contribution in [2.24, 2.45) is 0 Å². The van der Waals surface area contributed by atoms with Crippen molar-refractivity contribution in [3.63, 3.8) is 0 Å². The van der Waals surface area contributed by atoms with Gasteiger partial charge in [-0.15, -0.1) is 0 Å². The van der Waals surface area contributed by atoms with Gasteiger partial charge in [0.25, 0.3) is 0 Å². The lowest BCUT2D eigenvalue weighted by Crippen LogP contribution is -2.31. The van der Waals surface area contributed by atoms with E-state index in [0.29, 0.717) is 24.8 Å². The summed E-state index contributed by atoms with van der Waals surface area (Å²) < 4.78 is 0. The highest BCUT2D eigenvalue weighted by atomic mass is 16.3. The molecule has 2 heterocycles. The second-order valence-electron chi connectivity index (χ2n) is 7.63. The molecule has 0 spiro atoms. The van der Waals surface area contributed by atoms with Crippen molar-refractivity contribution >= 4 is 11.8 Å². The van der Waals surface area contributed by atoms with Crippen LogP contribution in [0.4, 0.5) is 11.8 Å². The van der Waals surface area contributed by atoms with Crippen LogP contribution in [0.25, 0.3) is 0 Å². The molecular weight excluding hydrogens is 340 g/mol. The Morgan fingerprint density at radius 1 is 1.22 bits per heavy atom. The first-order valence-corrected chi connectivity index (χ1v) is 9.92. The quantitative estimate of drug-likeness (QED) is 0.652. The van der Waals surface area contributed by atoms with Gasteiger partial charge >= 0.3 is 0 Å². The number of rotatable bonds is 7. The molecule has 0 radical (unpaired) electrons. The highest BCUT2D eigenvalue weighted by Gasteiger charge is 2.27. The molecule has 1 saturated carbocycles. The molecule has 6 nitrogen and oxygen atoms in total. The Hall–Kier alpha value is -2.18. The zero-order valence-electron chi connectivity index (χ0n) is 15.9. The molecule has 0 amide bonds. The molecule has 1 aromatic carbocycles. The molecule has 4 rings (SSSR count). The maximum Gasteiger partial charge on any atom is 0.224 e. The van der Waals surface area contributed by atoms with E-state index in [4.69, 9.17) is 10.1 Å². The van der Waals surface area contributed by atoms with Gasteiger partial charge in [0.15, 0.2) is 0 Å². The number of nitrogens with zero attached hydrogens (tertiary/aromatic N) is 3. The number of hydrogen-bond donors (Lipinski definition) is 3. The van der Waals surface area contributed by atoms with E-state index in [9.17, 15) is 5.11 Å². The molecule has 144 valence electrons. The van der Waals surface area contributed by atoms with E-state index in [0.717, 1.165) is 36.6 Å². The average molecular weight is 368 g/mol. The largest absolute Gasteiger partial charge is 0.396 e. The molecule has 0 saturated heterocycles. The van der Waals surface area contributed by atoms with Crippen LogP contribution in [0, 0.1) is 0 Å². The summed E-state index contributed by atoms with van der Waals surface area (Å²) in [5.74, 6) is 2.21. The van der Waals surface area contributed by atoms with Crippen molar-refractivity contribution in [3.8, 4) is 0 Å². The number of anilines is 2. The number of aromatic nitrogens is 2. The lowest BCUT2D eigenvalue weighted by molar-refractivity contribution is 0.199. The van der Waals surface area contributed by atoms with Gasteiger partial charge < -0.3 is 20.4 Å². The summed E-state index contributed by atoms with van der Waals surface area (Å²) in [4.78, 5) is 11.7. The van der Waals surface area contributed by atoms with Crippen molar-refractivity contribution in [2.75, 3.05) is 29.9 Å². The molecule has 1 aliphatic heterocycles. The highest BCUT2D eigenvalue weighted by molar-refractivity contribution is 5.49.